The molecule has 0 aliphatic carbocycles. The highest BCUT2D eigenvalue weighted by Crippen LogP contribution is 2.30. The molecule has 1 aromatic rings. The van der Waals surface area contributed by atoms with Crippen LogP contribution in [0.2, 0.25) is 0 Å². The standard InChI is InChI=1S/C9H15N3O2/c1-6-3-4-14-9(6)8(13)7-5-10-11-12(7)2/h5-6,8-9,13H,3-4H2,1-2H3. The van der Waals surface area contributed by atoms with E-state index in [4.69, 9.17) is 4.74 Å². The summed E-state index contributed by atoms with van der Waals surface area (Å²) >= 11 is 0. The summed E-state index contributed by atoms with van der Waals surface area (Å²) in [5.41, 5.74) is 0.712. The summed E-state index contributed by atoms with van der Waals surface area (Å²) in [4.78, 5) is 0. The van der Waals surface area contributed by atoms with Crippen LogP contribution in [0.3, 0.4) is 0 Å². The summed E-state index contributed by atoms with van der Waals surface area (Å²) in [5, 5.41) is 17.6. The number of aryl methyl sites for hydroxylation is 1. The van der Waals surface area contributed by atoms with Crippen molar-refractivity contribution in [1.29, 1.82) is 0 Å². The molecule has 1 N–H and O–H groups in total. The topological polar surface area (TPSA) is 60.2 Å². The maximum atomic E-state index is 10.0. The van der Waals surface area contributed by atoms with Crippen LogP contribution in [-0.4, -0.2) is 32.8 Å². The van der Waals surface area contributed by atoms with Crippen molar-refractivity contribution in [3.63, 3.8) is 0 Å². The molecule has 5 heteroatoms. The predicted octanol–water partition coefficient (Wildman–Crippen LogP) is 0.273. The zero-order valence-electron chi connectivity index (χ0n) is 8.42. The van der Waals surface area contributed by atoms with Crippen molar-refractivity contribution < 1.29 is 9.84 Å². The minimum atomic E-state index is -0.618. The fraction of sp³-hybridized carbons (Fsp3) is 0.778. The lowest BCUT2D eigenvalue weighted by atomic mass is 9.98. The van der Waals surface area contributed by atoms with E-state index in [0.29, 0.717) is 11.6 Å². The predicted molar refractivity (Wildman–Crippen MR) is 49.5 cm³/mol. The normalized spacial score (nSPS) is 29.4. The largest absolute Gasteiger partial charge is 0.384 e. The van der Waals surface area contributed by atoms with Gasteiger partial charge in [0.1, 0.15) is 6.10 Å². The van der Waals surface area contributed by atoms with Gasteiger partial charge in [-0.2, -0.15) is 0 Å². The second kappa shape index (κ2) is 3.67. The molecule has 14 heavy (non-hydrogen) atoms. The van der Waals surface area contributed by atoms with Gasteiger partial charge in [0, 0.05) is 13.7 Å². The molecule has 0 saturated carbocycles. The molecule has 0 spiro atoms. The molecule has 0 bridgehead atoms. The van der Waals surface area contributed by atoms with Crippen LogP contribution in [0.5, 0.6) is 0 Å². The second-order valence-electron chi connectivity index (χ2n) is 3.83. The van der Waals surface area contributed by atoms with Gasteiger partial charge in [-0.15, -0.1) is 5.10 Å². The molecule has 3 atom stereocenters. The molecule has 78 valence electrons. The minimum absolute atomic E-state index is 0.118. The van der Waals surface area contributed by atoms with Crippen LogP contribution in [0.15, 0.2) is 6.20 Å². The molecular weight excluding hydrogens is 182 g/mol. The van der Waals surface area contributed by atoms with Crippen molar-refractivity contribution in [1.82, 2.24) is 15.0 Å². The summed E-state index contributed by atoms with van der Waals surface area (Å²) < 4.78 is 7.07. The van der Waals surface area contributed by atoms with E-state index in [0.717, 1.165) is 13.0 Å². The fourth-order valence-corrected chi connectivity index (χ4v) is 1.85. The second-order valence-corrected chi connectivity index (χ2v) is 3.83. The summed E-state index contributed by atoms with van der Waals surface area (Å²) in [6.45, 7) is 2.82. The first-order valence-corrected chi connectivity index (χ1v) is 4.84. The summed E-state index contributed by atoms with van der Waals surface area (Å²) in [5.74, 6) is 0.389. The lowest BCUT2D eigenvalue weighted by molar-refractivity contribution is -0.0215. The lowest BCUT2D eigenvalue weighted by Gasteiger charge is -2.20. The Bertz CT molecular complexity index is 313. The zero-order chi connectivity index (χ0) is 10.1. The highest BCUT2D eigenvalue weighted by atomic mass is 16.5. The number of hydrogen-bond donors (Lipinski definition) is 1. The van der Waals surface area contributed by atoms with Crippen LogP contribution in [0.1, 0.15) is 25.1 Å². The Morgan fingerprint density at radius 3 is 3.00 bits per heavy atom. The molecule has 2 heterocycles. The maximum absolute atomic E-state index is 10.0. The van der Waals surface area contributed by atoms with Crippen molar-refractivity contribution in [2.45, 2.75) is 25.6 Å². The monoisotopic (exact) mass is 197 g/mol. The van der Waals surface area contributed by atoms with Gasteiger partial charge in [0.05, 0.1) is 18.0 Å². The van der Waals surface area contributed by atoms with E-state index in [1.54, 1.807) is 17.9 Å². The molecule has 1 saturated heterocycles. The quantitative estimate of drug-likeness (QED) is 0.739. The van der Waals surface area contributed by atoms with E-state index in [1.165, 1.54) is 0 Å². The third-order valence-corrected chi connectivity index (χ3v) is 2.81. The van der Waals surface area contributed by atoms with Crippen LogP contribution in [-0.2, 0) is 11.8 Å². The van der Waals surface area contributed by atoms with Crippen molar-refractivity contribution >= 4 is 0 Å². The number of hydrogen-bond acceptors (Lipinski definition) is 4. The number of rotatable bonds is 2. The van der Waals surface area contributed by atoms with Gasteiger partial charge in [-0.3, -0.25) is 0 Å². The number of ether oxygens (including phenoxy) is 1. The number of aliphatic hydroxyl groups is 1. The number of aromatic nitrogens is 3. The van der Waals surface area contributed by atoms with E-state index < -0.39 is 6.10 Å². The fourth-order valence-electron chi connectivity index (χ4n) is 1.85. The van der Waals surface area contributed by atoms with E-state index in [-0.39, 0.29) is 6.10 Å². The van der Waals surface area contributed by atoms with E-state index >= 15 is 0 Å². The molecule has 0 aromatic carbocycles. The van der Waals surface area contributed by atoms with Gasteiger partial charge in [0.15, 0.2) is 0 Å². The third kappa shape index (κ3) is 1.53. The van der Waals surface area contributed by atoms with Gasteiger partial charge < -0.3 is 9.84 Å². The zero-order valence-corrected chi connectivity index (χ0v) is 8.42. The average Bonchev–Trinajstić information content (AvgIpc) is 2.73. The first-order valence-electron chi connectivity index (χ1n) is 4.84. The molecule has 1 aliphatic heterocycles. The van der Waals surface area contributed by atoms with Gasteiger partial charge >= 0.3 is 0 Å². The summed E-state index contributed by atoms with van der Waals surface area (Å²) in [6.07, 6.45) is 1.85. The van der Waals surface area contributed by atoms with Crippen LogP contribution < -0.4 is 0 Å². The van der Waals surface area contributed by atoms with Gasteiger partial charge in [-0.25, -0.2) is 4.68 Å². The van der Waals surface area contributed by atoms with E-state index in [1.807, 2.05) is 0 Å². The lowest BCUT2D eigenvalue weighted by Crippen LogP contribution is -2.24. The van der Waals surface area contributed by atoms with Crippen LogP contribution in [0.25, 0.3) is 0 Å². The van der Waals surface area contributed by atoms with Crippen molar-refractivity contribution in [3.05, 3.63) is 11.9 Å². The smallest absolute Gasteiger partial charge is 0.124 e. The Morgan fingerprint density at radius 1 is 1.71 bits per heavy atom. The van der Waals surface area contributed by atoms with E-state index in [2.05, 4.69) is 17.2 Å². The van der Waals surface area contributed by atoms with Gasteiger partial charge in [-0.1, -0.05) is 12.1 Å². The highest BCUT2D eigenvalue weighted by Gasteiger charge is 2.33. The number of nitrogens with zero attached hydrogens (tertiary/aromatic N) is 3. The Morgan fingerprint density at radius 2 is 2.50 bits per heavy atom. The third-order valence-electron chi connectivity index (χ3n) is 2.81. The first kappa shape index (κ1) is 9.61. The summed E-state index contributed by atoms with van der Waals surface area (Å²) in [6, 6.07) is 0. The van der Waals surface area contributed by atoms with Crippen LogP contribution in [0, 0.1) is 5.92 Å². The Labute approximate surface area is 82.7 Å². The van der Waals surface area contributed by atoms with Gasteiger partial charge in [-0.05, 0) is 12.3 Å². The molecule has 2 rings (SSSR count). The minimum Gasteiger partial charge on any atom is -0.384 e. The molecule has 1 fully saturated rings. The molecule has 1 aromatic heterocycles. The molecule has 3 unspecified atom stereocenters. The molecule has 0 radical (unpaired) electrons. The van der Waals surface area contributed by atoms with Crippen molar-refractivity contribution in [2.24, 2.45) is 13.0 Å². The molecule has 5 nitrogen and oxygen atoms in total. The summed E-state index contributed by atoms with van der Waals surface area (Å²) in [7, 11) is 1.77. The SMILES string of the molecule is CC1CCOC1C(O)c1cnnn1C. The Kier molecular flexibility index (Phi) is 2.52. The van der Waals surface area contributed by atoms with Crippen LogP contribution in [0.4, 0.5) is 0 Å². The average molecular weight is 197 g/mol. The molecule has 0 amide bonds. The van der Waals surface area contributed by atoms with Crippen molar-refractivity contribution in [3.8, 4) is 0 Å². The van der Waals surface area contributed by atoms with Gasteiger partial charge in [0.25, 0.3) is 0 Å². The van der Waals surface area contributed by atoms with E-state index in [9.17, 15) is 5.11 Å². The number of aliphatic hydroxyl groups excluding tert-OH is 1. The van der Waals surface area contributed by atoms with Crippen molar-refractivity contribution in [2.75, 3.05) is 6.61 Å². The maximum Gasteiger partial charge on any atom is 0.124 e. The molecule has 1 aliphatic rings. The van der Waals surface area contributed by atoms with Gasteiger partial charge in [0.2, 0.25) is 0 Å². The van der Waals surface area contributed by atoms with Crippen LogP contribution >= 0.6 is 0 Å². The Hall–Kier alpha value is -0.940. The first-order chi connectivity index (χ1) is 6.70. The Balaban J connectivity index is 2.15. The highest BCUT2D eigenvalue weighted by molar-refractivity contribution is 5.02. The molecular formula is C9H15N3O2.